The van der Waals surface area contributed by atoms with Crippen molar-refractivity contribution in [3.05, 3.63) is 35.7 Å². The fourth-order valence-corrected chi connectivity index (χ4v) is 2.29. The molecule has 1 N–H and O–H groups in total. The maximum Gasteiger partial charge on any atom is 0.328 e. The topological polar surface area (TPSA) is 70.5 Å². The van der Waals surface area contributed by atoms with E-state index in [1.54, 1.807) is 12.3 Å². The van der Waals surface area contributed by atoms with Gasteiger partial charge in [-0.3, -0.25) is 9.78 Å². The van der Waals surface area contributed by atoms with Crippen molar-refractivity contribution in [2.75, 3.05) is 13.1 Å². The molecular formula is C15H18N2O3. The maximum absolute atomic E-state index is 12.4. The van der Waals surface area contributed by atoms with Crippen LogP contribution in [0.15, 0.2) is 24.5 Å². The van der Waals surface area contributed by atoms with Gasteiger partial charge in [-0.2, -0.15) is 0 Å². The molecule has 1 aromatic rings. The molecule has 2 rings (SSSR count). The molecule has 0 aromatic carbocycles. The van der Waals surface area contributed by atoms with Crippen molar-refractivity contribution < 1.29 is 14.7 Å². The lowest BCUT2D eigenvalue weighted by Gasteiger charge is -2.20. The number of hydrogen-bond donors (Lipinski definition) is 1. The van der Waals surface area contributed by atoms with Gasteiger partial charge in [0, 0.05) is 31.6 Å². The number of carbonyl (C=O) groups is 2. The van der Waals surface area contributed by atoms with E-state index in [4.69, 9.17) is 5.11 Å². The molecule has 2 heterocycles. The lowest BCUT2D eigenvalue weighted by atomic mass is 10.1. The Bertz CT molecular complexity index is 518. The quantitative estimate of drug-likeness (QED) is 0.858. The molecule has 1 aromatic heterocycles. The minimum absolute atomic E-state index is 0.0232. The number of likely N-dealkylation sites (tertiary alicyclic amines) is 1. The molecule has 5 nitrogen and oxygen atoms in total. The van der Waals surface area contributed by atoms with Gasteiger partial charge in [-0.1, -0.05) is 12.8 Å². The highest BCUT2D eigenvalue weighted by molar-refractivity contribution is 5.94. The monoisotopic (exact) mass is 274 g/mol. The molecule has 0 unspecified atom stereocenters. The number of hydrogen-bond acceptors (Lipinski definition) is 3. The fraction of sp³-hybridized carbons (Fsp3) is 0.400. The predicted octanol–water partition coefficient (Wildman–Crippen LogP) is 2.20. The number of carbonyl (C=O) groups excluding carboxylic acids is 1. The van der Waals surface area contributed by atoms with Gasteiger partial charge >= 0.3 is 5.97 Å². The van der Waals surface area contributed by atoms with Gasteiger partial charge in [0.1, 0.15) is 0 Å². The molecule has 106 valence electrons. The summed E-state index contributed by atoms with van der Waals surface area (Å²) in [4.78, 5) is 28.7. The van der Waals surface area contributed by atoms with Gasteiger partial charge in [0.25, 0.3) is 5.91 Å². The van der Waals surface area contributed by atoms with Crippen molar-refractivity contribution in [3.8, 4) is 0 Å². The molecule has 0 saturated carbocycles. The van der Waals surface area contributed by atoms with Crippen LogP contribution < -0.4 is 0 Å². The van der Waals surface area contributed by atoms with E-state index in [-0.39, 0.29) is 5.91 Å². The summed E-state index contributed by atoms with van der Waals surface area (Å²) >= 11 is 0. The zero-order valence-electron chi connectivity index (χ0n) is 11.3. The van der Waals surface area contributed by atoms with Crippen LogP contribution in [0.25, 0.3) is 6.08 Å². The number of carboxylic acid groups (broad SMARTS) is 1. The lowest BCUT2D eigenvalue weighted by Crippen LogP contribution is -2.31. The number of carboxylic acids is 1. The Kier molecular flexibility index (Phi) is 4.87. The molecule has 0 spiro atoms. The van der Waals surface area contributed by atoms with Gasteiger partial charge < -0.3 is 10.0 Å². The second-order valence-electron chi connectivity index (χ2n) is 4.88. The van der Waals surface area contributed by atoms with Crippen LogP contribution in [0.4, 0.5) is 0 Å². The third-order valence-corrected chi connectivity index (χ3v) is 3.32. The van der Waals surface area contributed by atoms with Crippen LogP contribution in [0.3, 0.4) is 0 Å². The first-order valence-electron chi connectivity index (χ1n) is 6.82. The highest BCUT2D eigenvalue weighted by Crippen LogP contribution is 2.14. The summed E-state index contributed by atoms with van der Waals surface area (Å²) in [5.41, 5.74) is 1.13. The summed E-state index contributed by atoms with van der Waals surface area (Å²) in [5.74, 6) is -1.04. The summed E-state index contributed by atoms with van der Waals surface area (Å²) in [5, 5.41) is 8.61. The summed E-state index contributed by atoms with van der Waals surface area (Å²) in [7, 11) is 0. The molecule has 20 heavy (non-hydrogen) atoms. The largest absolute Gasteiger partial charge is 0.478 e. The lowest BCUT2D eigenvalue weighted by molar-refractivity contribution is -0.131. The molecule has 1 fully saturated rings. The summed E-state index contributed by atoms with van der Waals surface area (Å²) in [6, 6.07) is 1.68. The Morgan fingerprint density at radius 1 is 1.15 bits per heavy atom. The van der Waals surface area contributed by atoms with Crippen LogP contribution in [-0.2, 0) is 4.79 Å². The molecule has 1 amide bonds. The summed E-state index contributed by atoms with van der Waals surface area (Å²) < 4.78 is 0. The van der Waals surface area contributed by atoms with Crippen LogP contribution in [0.1, 0.15) is 41.6 Å². The van der Waals surface area contributed by atoms with E-state index in [9.17, 15) is 9.59 Å². The van der Waals surface area contributed by atoms with Crippen molar-refractivity contribution >= 4 is 18.0 Å². The summed E-state index contributed by atoms with van der Waals surface area (Å²) in [6.07, 6.45) is 9.97. The number of amides is 1. The first-order valence-corrected chi connectivity index (χ1v) is 6.82. The maximum atomic E-state index is 12.4. The predicted molar refractivity (Wildman–Crippen MR) is 75.3 cm³/mol. The Morgan fingerprint density at radius 2 is 1.85 bits per heavy atom. The number of aromatic nitrogens is 1. The van der Waals surface area contributed by atoms with Crippen LogP contribution in [0.5, 0.6) is 0 Å². The molecule has 1 aliphatic rings. The molecule has 0 bridgehead atoms. The zero-order chi connectivity index (χ0) is 14.4. The second kappa shape index (κ2) is 6.84. The van der Waals surface area contributed by atoms with Crippen LogP contribution in [0, 0.1) is 0 Å². The molecule has 0 aliphatic carbocycles. The van der Waals surface area contributed by atoms with E-state index in [1.807, 2.05) is 4.90 Å². The first kappa shape index (κ1) is 14.2. The van der Waals surface area contributed by atoms with E-state index in [1.165, 1.54) is 25.1 Å². The Hall–Kier alpha value is -2.17. The summed E-state index contributed by atoms with van der Waals surface area (Å²) in [6.45, 7) is 1.57. The van der Waals surface area contributed by atoms with Gasteiger partial charge in [0.2, 0.25) is 0 Å². The van der Waals surface area contributed by atoms with Crippen LogP contribution in [-0.4, -0.2) is 40.0 Å². The van der Waals surface area contributed by atoms with E-state index in [0.29, 0.717) is 11.1 Å². The zero-order valence-corrected chi connectivity index (χ0v) is 11.3. The van der Waals surface area contributed by atoms with E-state index < -0.39 is 5.97 Å². The Morgan fingerprint density at radius 3 is 2.50 bits per heavy atom. The number of rotatable bonds is 3. The molecule has 5 heteroatoms. The minimum atomic E-state index is -1.02. The van der Waals surface area contributed by atoms with Gasteiger partial charge in [0.05, 0.1) is 5.56 Å². The fourth-order valence-electron chi connectivity index (χ4n) is 2.29. The van der Waals surface area contributed by atoms with Crippen molar-refractivity contribution in [1.29, 1.82) is 0 Å². The number of nitrogens with zero attached hydrogens (tertiary/aromatic N) is 2. The molecular weight excluding hydrogens is 256 g/mol. The van der Waals surface area contributed by atoms with Crippen molar-refractivity contribution in [2.45, 2.75) is 25.7 Å². The molecule has 0 radical (unpaired) electrons. The van der Waals surface area contributed by atoms with E-state index >= 15 is 0 Å². The second-order valence-corrected chi connectivity index (χ2v) is 4.88. The molecule has 0 atom stereocenters. The van der Waals surface area contributed by atoms with Gasteiger partial charge in [-0.15, -0.1) is 0 Å². The van der Waals surface area contributed by atoms with Gasteiger partial charge in [-0.05, 0) is 30.5 Å². The minimum Gasteiger partial charge on any atom is -0.478 e. The Balaban J connectivity index is 2.13. The van der Waals surface area contributed by atoms with Gasteiger partial charge in [0.15, 0.2) is 0 Å². The average Bonchev–Trinajstić information content (AvgIpc) is 2.73. The average molecular weight is 274 g/mol. The SMILES string of the molecule is O=C(O)C=Cc1cncc(C(=O)N2CCCCCC2)c1. The Labute approximate surface area is 117 Å². The first-order chi connectivity index (χ1) is 9.66. The number of aliphatic carboxylic acids is 1. The van der Waals surface area contributed by atoms with Crippen LogP contribution in [0.2, 0.25) is 0 Å². The third kappa shape index (κ3) is 3.91. The van der Waals surface area contributed by atoms with Crippen molar-refractivity contribution in [3.63, 3.8) is 0 Å². The highest BCUT2D eigenvalue weighted by atomic mass is 16.4. The third-order valence-electron chi connectivity index (χ3n) is 3.32. The molecule has 1 aliphatic heterocycles. The number of pyridine rings is 1. The van der Waals surface area contributed by atoms with E-state index in [2.05, 4.69) is 4.98 Å². The standard InChI is InChI=1S/C15H18N2O3/c18-14(19)6-5-12-9-13(11-16-10-12)15(20)17-7-3-1-2-4-8-17/h5-6,9-11H,1-4,7-8H2,(H,18,19). The van der Waals surface area contributed by atoms with Crippen molar-refractivity contribution in [2.24, 2.45) is 0 Å². The van der Waals surface area contributed by atoms with E-state index in [0.717, 1.165) is 32.0 Å². The van der Waals surface area contributed by atoms with Gasteiger partial charge in [-0.25, -0.2) is 4.79 Å². The smallest absolute Gasteiger partial charge is 0.328 e. The highest BCUT2D eigenvalue weighted by Gasteiger charge is 2.17. The molecule has 1 saturated heterocycles. The normalized spacial score (nSPS) is 16.1. The van der Waals surface area contributed by atoms with Crippen LogP contribution >= 0.6 is 0 Å². The van der Waals surface area contributed by atoms with Crippen molar-refractivity contribution in [1.82, 2.24) is 9.88 Å².